The first kappa shape index (κ1) is 19.6. The van der Waals surface area contributed by atoms with E-state index in [0.717, 1.165) is 59.4 Å². The van der Waals surface area contributed by atoms with Gasteiger partial charge in [-0.1, -0.05) is 12.1 Å². The van der Waals surface area contributed by atoms with Gasteiger partial charge in [-0.05, 0) is 50.3 Å². The molecule has 160 valence electrons. The van der Waals surface area contributed by atoms with Crippen LogP contribution in [0.5, 0.6) is 5.75 Å². The van der Waals surface area contributed by atoms with Crippen molar-refractivity contribution in [3.05, 3.63) is 54.5 Å². The first-order chi connectivity index (χ1) is 15.1. The van der Waals surface area contributed by atoms with E-state index in [1.807, 2.05) is 43.4 Å². The van der Waals surface area contributed by atoms with Crippen LogP contribution in [-0.4, -0.2) is 37.7 Å². The molecular formula is C24H28N6O. The van der Waals surface area contributed by atoms with Crippen LogP contribution >= 0.6 is 0 Å². The predicted octanol–water partition coefficient (Wildman–Crippen LogP) is 4.74. The summed E-state index contributed by atoms with van der Waals surface area (Å²) in [6, 6.07) is 10.8. The number of ether oxygens (including phenoxy) is 1. The van der Waals surface area contributed by atoms with Crippen LogP contribution in [-0.2, 0) is 7.05 Å². The lowest BCUT2D eigenvalue weighted by atomic mass is 9.93. The number of rotatable bonds is 5. The molecule has 0 unspecified atom stereocenters. The number of benzene rings is 1. The normalized spacial score (nSPS) is 18.9. The van der Waals surface area contributed by atoms with E-state index in [1.54, 1.807) is 0 Å². The highest BCUT2D eigenvalue weighted by Crippen LogP contribution is 2.36. The SMILES string of the molecule is CNc1cc2c(cn1)c(-c1cnn(C)c1)nn2C1CCC(Oc2cccc(C)c2)CC1. The molecule has 4 aromatic rings. The Morgan fingerprint density at radius 2 is 1.94 bits per heavy atom. The average Bonchev–Trinajstić information content (AvgIpc) is 3.37. The molecule has 7 heteroatoms. The van der Waals surface area contributed by atoms with Gasteiger partial charge in [0.1, 0.15) is 17.3 Å². The fraction of sp³-hybridized carbons (Fsp3) is 0.375. The lowest BCUT2D eigenvalue weighted by molar-refractivity contribution is 0.131. The molecule has 0 bridgehead atoms. The average molecular weight is 417 g/mol. The molecule has 3 heterocycles. The molecule has 0 atom stereocenters. The van der Waals surface area contributed by atoms with Crippen LogP contribution in [0.15, 0.2) is 48.9 Å². The Labute approximate surface area is 182 Å². The molecule has 0 aliphatic heterocycles. The van der Waals surface area contributed by atoms with Crippen LogP contribution in [0, 0.1) is 6.92 Å². The number of nitrogens with one attached hydrogen (secondary N) is 1. The molecule has 1 aromatic carbocycles. The summed E-state index contributed by atoms with van der Waals surface area (Å²) in [5, 5.41) is 13.6. The van der Waals surface area contributed by atoms with Crippen molar-refractivity contribution in [1.29, 1.82) is 0 Å². The zero-order chi connectivity index (χ0) is 21.4. The van der Waals surface area contributed by atoms with E-state index in [0.29, 0.717) is 6.04 Å². The molecule has 1 fully saturated rings. The Bertz CT molecular complexity index is 1200. The van der Waals surface area contributed by atoms with Crippen molar-refractivity contribution in [3.8, 4) is 17.0 Å². The molecule has 0 spiro atoms. The van der Waals surface area contributed by atoms with Gasteiger partial charge in [-0.3, -0.25) is 9.36 Å². The van der Waals surface area contributed by atoms with Crippen LogP contribution < -0.4 is 10.1 Å². The number of fused-ring (bicyclic) bond motifs is 1. The third kappa shape index (κ3) is 3.87. The van der Waals surface area contributed by atoms with E-state index >= 15 is 0 Å². The zero-order valence-corrected chi connectivity index (χ0v) is 18.2. The minimum Gasteiger partial charge on any atom is -0.490 e. The Morgan fingerprint density at radius 3 is 2.65 bits per heavy atom. The van der Waals surface area contributed by atoms with Gasteiger partial charge >= 0.3 is 0 Å². The van der Waals surface area contributed by atoms with Gasteiger partial charge in [-0.15, -0.1) is 0 Å². The molecule has 5 rings (SSSR count). The van der Waals surface area contributed by atoms with E-state index in [2.05, 4.69) is 51.3 Å². The third-order valence-corrected chi connectivity index (χ3v) is 6.11. The highest BCUT2D eigenvalue weighted by molar-refractivity contribution is 5.93. The predicted molar refractivity (Wildman–Crippen MR) is 122 cm³/mol. The van der Waals surface area contributed by atoms with Crippen molar-refractivity contribution in [3.63, 3.8) is 0 Å². The minimum absolute atomic E-state index is 0.257. The summed E-state index contributed by atoms with van der Waals surface area (Å²) < 4.78 is 10.3. The van der Waals surface area contributed by atoms with E-state index in [-0.39, 0.29) is 6.10 Å². The number of aromatic nitrogens is 5. The number of nitrogens with zero attached hydrogens (tertiary/aromatic N) is 5. The number of anilines is 1. The standard InChI is InChI=1S/C24H28N6O/c1-16-5-4-6-20(11-16)31-19-9-7-18(8-10-19)30-22-12-23(25-2)26-14-21(22)24(28-30)17-13-27-29(3)15-17/h4-6,11-15,18-19H,7-10H2,1-3H3,(H,25,26). The van der Waals surface area contributed by atoms with Crippen molar-refractivity contribution in [1.82, 2.24) is 24.5 Å². The monoisotopic (exact) mass is 416 g/mol. The van der Waals surface area contributed by atoms with Gasteiger partial charge in [0.25, 0.3) is 0 Å². The molecule has 0 saturated heterocycles. The summed E-state index contributed by atoms with van der Waals surface area (Å²) in [6.07, 6.45) is 10.2. The number of hydrogen-bond acceptors (Lipinski definition) is 5. The fourth-order valence-electron chi connectivity index (χ4n) is 4.49. The molecule has 1 saturated carbocycles. The maximum Gasteiger partial charge on any atom is 0.127 e. The first-order valence-electron chi connectivity index (χ1n) is 10.9. The van der Waals surface area contributed by atoms with Gasteiger partial charge in [-0.25, -0.2) is 4.98 Å². The van der Waals surface area contributed by atoms with Crippen molar-refractivity contribution in [2.75, 3.05) is 12.4 Å². The molecular weight excluding hydrogens is 388 g/mol. The van der Waals surface area contributed by atoms with Gasteiger partial charge in [0, 0.05) is 43.5 Å². The Hall–Kier alpha value is -3.35. The number of pyridine rings is 1. The summed E-state index contributed by atoms with van der Waals surface area (Å²) >= 11 is 0. The maximum absolute atomic E-state index is 6.26. The smallest absolute Gasteiger partial charge is 0.127 e. The molecule has 0 amide bonds. The summed E-state index contributed by atoms with van der Waals surface area (Å²) in [5.74, 6) is 1.82. The van der Waals surface area contributed by atoms with Crippen LogP contribution in [0.3, 0.4) is 0 Å². The molecule has 1 N–H and O–H groups in total. The van der Waals surface area contributed by atoms with E-state index in [4.69, 9.17) is 9.84 Å². The van der Waals surface area contributed by atoms with Crippen molar-refractivity contribution in [2.45, 2.75) is 44.8 Å². The van der Waals surface area contributed by atoms with E-state index in [1.165, 1.54) is 5.56 Å². The quantitative estimate of drug-likeness (QED) is 0.509. The van der Waals surface area contributed by atoms with Gasteiger partial charge in [0.05, 0.1) is 23.9 Å². The number of hydrogen-bond donors (Lipinski definition) is 1. The minimum atomic E-state index is 0.257. The fourth-order valence-corrected chi connectivity index (χ4v) is 4.49. The molecule has 31 heavy (non-hydrogen) atoms. The van der Waals surface area contributed by atoms with Gasteiger partial charge in [0.15, 0.2) is 0 Å². The maximum atomic E-state index is 6.26. The Morgan fingerprint density at radius 1 is 1.10 bits per heavy atom. The van der Waals surface area contributed by atoms with E-state index in [9.17, 15) is 0 Å². The second kappa shape index (κ2) is 8.06. The topological polar surface area (TPSA) is 69.8 Å². The van der Waals surface area contributed by atoms with Crippen LogP contribution in [0.1, 0.15) is 37.3 Å². The molecule has 7 nitrogen and oxygen atoms in total. The second-order valence-electron chi connectivity index (χ2n) is 8.40. The van der Waals surface area contributed by atoms with Crippen molar-refractivity contribution >= 4 is 16.7 Å². The highest BCUT2D eigenvalue weighted by atomic mass is 16.5. The Kier molecular flexibility index (Phi) is 5.10. The lowest BCUT2D eigenvalue weighted by Gasteiger charge is -2.29. The summed E-state index contributed by atoms with van der Waals surface area (Å²) in [4.78, 5) is 4.53. The van der Waals surface area contributed by atoms with Gasteiger partial charge in [0.2, 0.25) is 0 Å². The van der Waals surface area contributed by atoms with Crippen LogP contribution in [0.25, 0.3) is 22.2 Å². The summed E-state index contributed by atoms with van der Waals surface area (Å²) in [5.41, 5.74) is 4.30. The summed E-state index contributed by atoms with van der Waals surface area (Å²) in [6.45, 7) is 2.10. The largest absolute Gasteiger partial charge is 0.490 e. The first-order valence-corrected chi connectivity index (χ1v) is 10.9. The van der Waals surface area contributed by atoms with Gasteiger partial charge in [-0.2, -0.15) is 10.2 Å². The second-order valence-corrected chi connectivity index (χ2v) is 8.40. The van der Waals surface area contributed by atoms with E-state index < -0.39 is 0 Å². The third-order valence-electron chi connectivity index (χ3n) is 6.11. The zero-order valence-electron chi connectivity index (χ0n) is 18.2. The summed E-state index contributed by atoms with van der Waals surface area (Å²) in [7, 11) is 3.82. The molecule has 0 radical (unpaired) electrons. The van der Waals surface area contributed by atoms with Crippen LogP contribution in [0.2, 0.25) is 0 Å². The Balaban J connectivity index is 1.41. The molecule has 3 aromatic heterocycles. The van der Waals surface area contributed by atoms with Gasteiger partial charge < -0.3 is 10.1 Å². The van der Waals surface area contributed by atoms with Crippen LogP contribution in [0.4, 0.5) is 5.82 Å². The lowest BCUT2D eigenvalue weighted by Crippen LogP contribution is -2.26. The molecule has 1 aliphatic rings. The number of aryl methyl sites for hydroxylation is 2. The highest BCUT2D eigenvalue weighted by Gasteiger charge is 2.27. The van der Waals surface area contributed by atoms with Crippen molar-refractivity contribution in [2.24, 2.45) is 7.05 Å². The van der Waals surface area contributed by atoms with Crippen molar-refractivity contribution < 1.29 is 4.74 Å². The molecule has 1 aliphatic carbocycles.